The highest BCUT2D eigenvalue weighted by Gasteiger charge is 2.57. The second kappa shape index (κ2) is 7.07. The van der Waals surface area contributed by atoms with Crippen LogP contribution in [0, 0.1) is 0 Å². The molecule has 5 rings (SSSR count). The quantitative estimate of drug-likeness (QED) is 0.717. The molecule has 6 nitrogen and oxygen atoms in total. The highest BCUT2D eigenvalue weighted by atomic mass is 16.8. The molecule has 2 aromatic carbocycles. The van der Waals surface area contributed by atoms with Crippen LogP contribution in [0.5, 0.6) is 0 Å². The van der Waals surface area contributed by atoms with Gasteiger partial charge in [-0.2, -0.15) is 0 Å². The number of methoxy groups -OCH3 is 1. The second-order valence-electron chi connectivity index (χ2n) is 7.80. The number of imidazole rings is 1. The number of hydrogen-bond donors (Lipinski definition) is 1. The van der Waals surface area contributed by atoms with Gasteiger partial charge in [0, 0.05) is 18.2 Å². The SMILES string of the molecule is COC1OC(c2nc(-c3ccccc3)c(-c3ccccc3)[nH]2)[C@@H]2OC(C)(C)O[C@H]12. The van der Waals surface area contributed by atoms with Gasteiger partial charge in [-0.25, -0.2) is 4.98 Å². The molecule has 2 saturated heterocycles. The van der Waals surface area contributed by atoms with Crippen molar-refractivity contribution >= 4 is 0 Å². The Balaban J connectivity index is 1.59. The van der Waals surface area contributed by atoms with Gasteiger partial charge in [0.25, 0.3) is 0 Å². The molecule has 0 spiro atoms. The molecule has 1 N–H and O–H groups in total. The van der Waals surface area contributed by atoms with Gasteiger partial charge in [0.2, 0.25) is 0 Å². The van der Waals surface area contributed by atoms with E-state index in [9.17, 15) is 0 Å². The van der Waals surface area contributed by atoms with Crippen LogP contribution in [0.15, 0.2) is 60.7 Å². The first-order valence-electron chi connectivity index (χ1n) is 9.80. The summed E-state index contributed by atoms with van der Waals surface area (Å²) in [7, 11) is 1.62. The number of H-pyrrole nitrogens is 1. The Hall–Kier alpha value is -2.51. The molecule has 2 aliphatic heterocycles. The van der Waals surface area contributed by atoms with Crippen molar-refractivity contribution in [2.75, 3.05) is 7.11 Å². The summed E-state index contributed by atoms with van der Waals surface area (Å²) in [6.45, 7) is 3.81. The number of aromatic amines is 1. The third-order valence-corrected chi connectivity index (χ3v) is 5.34. The summed E-state index contributed by atoms with van der Waals surface area (Å²) in [6, 6.07) is 20.3. The topological polar surface area (TPSA) is 65.6 Å². The summed E-state index contributed by atoms with van der Waals surface area (Å²) in [6.07, 6.45) is -1.51. The van der Waals surface area contributed by atoms with Gasteiger partial charge in [0.15, 0.2) is 12.1 Å². The fourth-order valence-electron chi connectivity index (χ4n) is 4.12. The zero-order valence-corrected chi connectivity index (χ0v) is 16.7. The molecule has 150 valence electrons. The zero-order valence-electron chi connectivity index (χ0n) is 16.7. The van der Waals surface area contributed by atoms with E-state index in [2.05, 4.69) is 29.2 Å². The lowest BCUT2D eigenvalue weighted by Crippen LogP contribution is -2.30. The molecule has 0 amide bonds. The van der Waals surface area contributed by atoms with E-state index < -0.39 is 18.2 Å². The van der Waals surface area contributed by atoms with Crippen molar-refractivity contribution in [3.63, 3.8) is 0 Å². The smallest absolute Gasteiger partial charge is 0.187 e. The van der Waals surface area contributed by atoms with Crippen LogP contribution < -0.4 is 0 Å². The third-order valence-electron chi connectivity index (χ3n) is 5.34. The molecule has 2 aliphatic rings. The van der Waals surface area contributed by atoms with Crippen molar-refractivity contribution in [2.45, 2.75) is 44.2 Å². The molecule has 1 aromatic heterocycles. The Morgan fingerprint density at radius 1 is 0.897 bits per heavy atom. The maximum Gasteiger partial charge on any atom is 0.187 e. The van der Waals surface area contributed by atoms with Crippen LogP contribution in [0.4, 0.5) is 0 Å². The van der Waals surface area contributed by atoms with E-state index in [1.54, 1.807) is 7.11 Å². The normalized spacial score (nSPS) is 27.8. The predicted molar refractivity (Wildman–Crippen MR) is 108 cm³/mol. The molecule has 3 aromatic rings. The van der Waals surface area contributed by atoms with Crippen molar-refractivity contribution in [1.29, 1.82) is 0 Å². The van der Waals surface area contributed by atoms with Crippen molar-refractivity contribution < 1.29 is 18.9 Å². The van der Waals surface area contributed by atoms with Crippen LogP contribution in [0.2, 0.25) is 0 Å². The van der Waals surface area contributed by atoms with Gasteiger partial charge in [0.05, 0.1) is 11.4 Å². The number of rotatable bonds is 4. The highest BCUT2D eigenvalue weighted by Crippen LogP contribution is 2.45. The van der Waals surface area contributed by atoms with Crippen molar-refractivity contribution in [1.82, 2.24) is 9.97 Å². The Morgan fingerprint density at radius 2 is 1.52 bits per heavy atom. The second-order valence-corrected chi connectivity index (χ2v) is 7.80. The van der Waals surface area contributed by atoms with Crippen LogP contribution in [0.3, 0.4) is 0 Å². The van der Waals surface area contributed by atoms with E-state index in [1.807, 2.05) is 50.2 Å². The van der Waals surface area contributed by atoms with Gasteiger partial charge in [0.1, 0.15) is 24.1 Å². The standard InChI is InChI=1S/C23H24N2O4/c1-23(2)28-18-19(27-22(26-3)20(18)29-23)21-24-16(14-10-6-4-7-11-14)17(25-21)15-12-8-5-9-13-15/h4-13,18-20,22H,1-3H3,(H,24,25)/t18-,19?,20-,22?/m0/s1. The monoisotopic (exact) mass is 392 g/mol. The first-order valence-corrected chi connectivity index (χ1v) is 9.80. The van der Waals surface area contributed by atoms with E-state index in [0.717, 1.165) is 22.5 Å². The van der Waals surface area contributed by atoms with Crippen molar-refractivity contribution in [2.24, 2.45) is 0 Å². The lowest BCUT2D eigenvalue weighted by atomic mass is 10.1. The lowest BCUT2D eigenvalue weighted by molar-refractivity contribution is -0.228. The van der Waals surface area contributed by atoms with E-state index in [0.29, 0.717) is 5.82 Å². The molecule has 4 atom stereocenters. The molecule has 6 heteroatoms. The number of nitrogens with zero attached hydrogens (tertiary/aromatic N) is 1. The Morgan fingerprint density at radius 3 is 2.17 bits per heavy atom. The van der Waals surface area contributed by atoms with Gasteiger partial charge in [-0.3, -0.25) is 0 Å². The van der Waals surface area contributed by atoms with Crippen molar-refractivity contribution in [3.8, 4) is 22.5 Å². The molecule has 3 heterocycles. The number of ether oxygens (including phenoxy) is 4. The summed E-state index contributed by atoms with van der Waals surface area (Å²) in [4.78, 5) is 8.44. The molecule has 29 heavy (non-hydrogen) atoms. The number of nitrogens with one attached hydrogen (secondary N) is 1. The van der Waals surface area contributed by atoms with Gasteiger partial charge in [-0.05, 0) is 13.8 Å². The fraction of sp³-hybridized carbons (Fsp3) is 0.348. The molecule has 0 bridgehead atoms. The lowest BCUT2D eigenvalue weighted by Gasteiger charge is -2.22. The Kier molecular flexibility index (Phi) is 4.52. The third kappa shape index (κ3) is 3.28. The van der Waals surface area contributed by atoms with E-state index in [-0.39, 0.29) is 12.2 Å². The number of fused-ring (bicyclic) bond motifs is 1. The van der Waals surface area contributed by atoms with Gasteiger partial charge in [-0.15, -0.1) is 0 Å². The molecule has 2 fully saturated rings. The largest absolute Gasteiger partial charge is 0.353 e. The minimum atomic E-state index is -0.689. The maximum atomic E-state index is 6.15. The van der Waals surface area contributed by atoms with Crippen LogP contribution in [-0.2, 0) is 18.9 Å². The minimum absolute atomic E-state index is 0.298. The molecular weight excluding hydrogens is 368 g/mol. The minimum Gasteiger partial charge on any atom is -0.353 e. The molecule has 0 saturated carbocycles. The summed E-state index contributed by atoms with van der Waals surface area (Å²) in [5.74, 6) is 0.0178. The first-order chi connectivity index (χ1) is 14.1. The van der Waals surface area contributed by atoms with Crippen LogP contribution >= 0.6 is 0 Å². The predicted octanol–water partition coefficient (Wildman–Crippen LogP) is 4.31. The Labute approximate surface area is 169 Å². The molecule has 0 radical (unpaired) electrons. The van der Waals surface area contributed by atoms with Crippen molar-refractivity contribution in [3.05, 3.63) is 66.5 Å². The maximum absolute atomic E-state index is 6.15. The first kappa shape index (κ1) is 18.5. The number of benzene rings is 2. The number of aromatic nitrogens is 2. The van der Waals surface area contributed by atoms with Gasteiger partial charge >= 0.3 is 0 Å². The van der Waals surface area contributed by atoms with Gasteiger partial charge in [-0.1, -0.05) is 60.7 Å². The summed E-state index contributed by atoms with van der Waals surface area (Å²) in [5.41, 5.74) is 3.93. The van der Waals surface area contributed by atoms with Crippen LogP contribution in [-0.4, -0.2) is 41.4 Å². The number of hydrogen-bond acceptors (Lipinski definition) is 5. The summed E-state index contributed by atoms with van der Waals surface area (Å²) < 4.78 is 23.8. The summed E-state index contributed by atoms with van der Waals surface area (Å²) in [5, 5.41) is 0. The van der Waals surface area contributed by atoms with Gasteiger partial charge < -0.3 is 23.9 Å². The highest BCUT2D eigenvalue weighted by molar-refractivity contribution is 5.78. The zero-order chi connectivity index (χ0) is 20.0. The van der Waals surface area contributed by atoms with Crippen LogP contribution in [0.25, 0.3) is 22.5 Å². The average Bonchev–Trinajstić information content (AvgIpc) is 3.40. The van der Waals surface area contributed by atoms with Crippen LogP contribution in [0.1, 0.15) is 25.8 Å². The van der Waals surface area contributed by atoms with E-state index in [4.69, 9.17) is 23.9 Å². The van der Waals surface area contributed by atoms with E-state index >= 15 is 0 Å². The molecule has 0 aliphatic carbocycles. The molecule has 2 unspecified atom stereocenters. The van der Waals surface area contributed by atoms with E-state index in [1.165, 1.54) is 0 Å². The summed E-state index contributed by atoms with van der Waals surface area (Å²) >= 11 is 0. The Bertz CT molecular complexity index is 930. The fourth-order valence-corrected chi connectivity index (χ4v) is 4.12. The average molecular weight is 392 g/mol. The molecular formula is C23H24N2O4.